The molecular weight excluding hydrogens is 291 g/mol. The van der Waals surface area contributed by atoms with Crippen molar-refractivity contribution in [3.05, 3.63) is 17.3 Å². The van der Waals surface area contributed by atoms with Crippen molar-refractivity contribution in [2.75, 3.05) is 7.11 Å². The van der Waals surface area contributed by atoms with Crippen LogP contribution >= 0.6 is 15.9 Å². The third-order valence-corrected chi connectivity index (χ3v) is 2.43. The molecule has 0 saturated carbocycles. The van der Waals surface area contributed by atoms with Gasteiger partial charge in [-0.25, -0.2) is 4.98 Å². The number of alkyl halides is 4. The van der Waals surface area contributed by atoms with Gasteiger partial charge in [-0.2, -0.15) is 0 Å². The Morgan fingerprint density at radius 3 is 2.50 bits per heavy atom. The van der Waals surface area contributed by atoms with E-state index in [1.165, 1.54) is 13.2 Å². The summed E-state index contributed by atoms with van der Waals surface area (Å²) in [7, 11) is 1.26. The molecule has 0 aliphatic carbocycles. The summed E-state index contributed by atoms with van der Waals surface area (Å²) in [5, 5.41) is 0.481. The Hall–Kier alpha value is -0.980. The van der Waals surface area contributed by atoms with E-state index in [1.54, 1.807) is 6.92 Å². The van der Waals surface area contributed by atoms with E-state index in [2.05, 4.69) is 25.7 Å². The van der Waals surface area contributed by atoms with Crippen molar-refractivity contribution in [1.82, 2.24) is 4.98 Å². The van der Waals surface area contributed by atoms with Gasteiger partial charge >= 0.3 is 6.36 Å². The lowest BCUT2D eigenvalue weighted by Crippen LogP contribution is -2.19. The van der Waals surface area contributed by atoms with E-state index >= 15 is 0 Å². The quantitative estimate of drug-likeness (QED) is 0.803. The second-order valence-electron chi connectivity index (χ2n) is 2.92. The van der Waals surface area contributed by atoms with Crippen LogP contribution in [0, 0.1) is 6.92 Å². The van der Waals surface area contributed by atoms with Gasteiger partial charge in [0.25, 0.3) is 5.88 Å². The van der Waals surface area contributed by atoms with Crippen molar-refractivity contribution >= 4 is 15.9 Å². The fourth-order valence-corrected chi connectivity index (χ4v) is 1.64. The van der Waals surface area contributed by atoms with Gasteiger partial charge in [-0.3, -0.25) is 0 Å². The van der Waals surface area contributed by atoms with Crippen LogP contribution in [0.5, 0.6) is 11.6 Å². The Kier molecular flexibility index (Phi) is 4.01. The summed E-state index contributed by atoms with van der Waals surface area (Å²) in [6.07, 6.45) is -4.78. The number of ether oxygens (including phenoxy) is 2. The number of hydrogen-bond acceptors (Lipinski definition) is 3. The minimum absolute atomic E-state index is 0.0441. The zero-order valence-electron chi connectivity index (χ0n) is 8.56. The van der Waals surface area contributed by atoms with E-state index in [9.17, 15) is 13.2 Å². The van der Waals surface area contributed by atoms with Gasteiger partial charge in [0.15, 0.2) is 5.75 Å². The number of halogens is 4. The highest BCUT2D eigenvalue weighted by Crippen LogP contribution is 2.32. The van der Waals surface area contributed by atoms with Gasteiger partial charge in [-0.1, -0.05) is 15.9 Å². The number of pyridine rings is 1. The molecule has 0 aliphatic heterocycles. The molecule has 16 heavy (non-hydrogen) atoms. The van der Waals surface area contributed by atoms with Gasteiger partial charge in [0, 0.05) is 11.0 Å². The van der Waals surface area contributed by atoms with E-state index in [4.69, 9.17) is 4.74 Å². The van der Waals surface area contributed by atoms with Crippen LogP contribution < -0.4 is 9.47 Å². The van der Waals surface area contributed by atoms with E-state index in [-0.39, 0.29) is 5.75 Å². The minimum Gasteiger partial charge on any atom is -0.491 e. The van der Waals surface area contributed by atoms with Crippen LogP contribution in [-0.4, -0.2) is 18.5 Å². The molecule has 1 rings (SSSR count). The molecule has 0 unspecified atom stereocenters. The molecule has 3 nitrogen and oxygen atoms in total. The zero-order chi connectivity index (χ0) is 12.3. The first-order chi connectivity index (χ1) is 7.37. The highest BCUT2D eigenvalue weighted by Gasteiger charge is 2.33. The Balaban J connectivity index is 3.13. The highest BCUT2D eigenvalue weighted by atomic mass is 79.9. The normalized spacial score (nSPS) is 11.4. The molecule has 0 N–H and O–H groups in total. The molecule has 90 valence electrons. The third-order valence-electron chi connectivity index (χ3n) is 1.83. The molecule has 0 radical (unpaired) electrons. The van der Waals surface area contributed by atoms with Gasteiger partial charge in [0.05, 0.1) is 7.11 Å². The molecule has 0 aliphatic rings. The Labute approximate surface area is 98.7 Å². The van der Waals surface area contributed by atoms with Crippen molar-refractivity contribution in [3.8, 4) is 11.6 Å². The Morgan fingerprint density at radius 1 is 1.44 bits per heavy atom. The van der Waals surface area contributed by atoms with E-state index in [0.717, 1.165) is 5.56 Å². The molecule has 0 spiro atoms. The molecule has 7 heteroatoms. The van der Waals surface area contributed by atoms with Crippen molar-refractivity contribution in [2.24, 2.45) is 0 Å². The molecule has 0 aromatic carbocycles. The third kappa shape index (κ3) is 3.26. The van der Waals surface area contributed by atoms with Crippen LogP contribution in [0.25, 0.3) is 0 Å². The summed E-state index contributed by atoms with van der Waals surface area (Å²) < 4.78 is 44.7. The monoisotopic (exact) mass is 299 g/mol. The van der Waals surface area contributed by atoms with Crippen LogP contribution in [-0.2, 0) is 5.33 Å². The fourth-order valence-electron chi connectivity index (χ4n) is 1.07. The number of rotatable bonds is 3. The first-order valence-corrected chi connectivity index (χ1v) is 5.35. The van der Waals surface area contributed by atoms with Crippen LogP contribution in [0.2, 0.25) is 0 Å². The molecular formula is C9H9BrF3NO2. The van der Waals surface area contributed by atoms with Crippen LogP contribution in [0.3, 0.4) is 0 Å². The summed E-state index contributed by atoms with van der Waals surface area (Å²) >= 11 is 3.20. The van der Waals surface area contributed by atoms with Gasteiger partial charge in [-0.15, -0.1) is 13.2 Å². The first-order valence-electron chi connectivity index (χ1n) is 4.23. The van der Waals surface area contributed by atoms with Crippen LogP contribution in [0.15, 0.2) is 6.07 Å². The molecule has 0 amide bonds. The van der Waals surface area contributed by atoms with Crippen LogP contribution in [0.1, 0.15) is 11.3 Å². The smallest absolute Gasteiger partial charge is 0.491 e. The summed E-state index contributed by atoms with van der Waals surface area (Å²) in [4.78, 5) is 3.70. The number of hydrogen-bond donors (Lipinski definition) is 0. The molecule has 0 bridgehead atoms. The second kappa shape index (κ2) is 4.90. The molecule has 0 saturated heterocycles. The van der Waals surface area contributed by atoms with E-state index in [0.29, 0.717) is 11.0 Å². The minimum atomic E-state index is -4.78. The highest BCUT2D eigenvalue weighted by molar-refractivity contribution is 9.08. The Morgan fingerprint density at radius 2 is 2.06 bits per heavy atom. The van der Waals surface area contributed by atoms with Crippen LogP contribution in [0.4, 0.5) is 13.2 Å². The summed E-state index contributed by atoms with van der Waals surface area (Å²) in [5.74, 6) is -0.616. The Bertz CT molecular complexity index is 382. The topological polar surface area (TPSA) is 31.4 Å². The summed E-state index contributed by atoms with van der Waals surface area (Å²) in [6, 6.07) is 1.46. The average Bonchev–Trinajstić information content (AvgIpc) is 2.16. The average molecular weight is 300 g/mol. The van der Waals surface area contributed by atoms with Crippen molar-refractivity contribution in [2.45, 2.75) is 18.6 Å². The molecule has 0 fully saturated rings. The molecule has 0 atom stereocenters. The second-order valence-corrected chi connectivity index (χ2v) is 3.48. The number of aryl methyl sites for hydroxylation is 1. The van der Waals surface area contributed by atoms with Gasteiger partial charge < -0.3 is 9.47 Å². The van der Waals surface area contributed by atoms with Gasteiger partial charge in [0.1, 0.15) is 0 Å². The first kappa shape index (κ1) is 13.1. The predicted molar refractivity (Wildman–Crippen MR) is 54.8 cm³/mol. The number of nitrogens with zero attached hydrogens (tertiary/aromatic N) is 1. The molecule has 1 aromatic rings. The maximum atomic E-state index is 12.0. The van der Waals surface area contributed by atoms with Crippen molar-refractivity contribution < 1.29 is 22.6 Å². The lowest BCUT2D eigenvalue weighted by Gasteiger charge is -2.13. The van der Waals surface area contributed by atoms with E-state index < -0.39 is 12.2 Å². The maximum Gasteiger partial charge on any atom is 0.574 e. The number of methoxy groups -OCH3 is 1. The van der Waals surface area contributed by atoms with Gasteiger partial charge in [0.2, 0.25) is 0 Å². The maximum absolute atomic E-state index is 12.0. The lowest BCUT2D eigenvalue weighted by atomic mass is 10.2. The molecule has 1 heterocycles. The molecule has 1 aromatic heterocycles. The zero-order valence-corrected chi connectivity index (χ0v) is 10.1. The lowest BCUT2D eigenvalue weighted by molar-refractivity contribution is -0.276. The van der Waals surface area contributed by atoms with E-state index in [1.807, 2.05) is 0 Å². The summed E-state index contributed by atoms with van der Waals surface area (Å²) in [5.41, 5.74) is 1.20. The van der Waals surface area contributed by atoms with Gasteiger partial charge in [-0.05, 0) is 18.6 Å². The SMILES string of the molecule is COc1cc(CBr)c(C)nc1OC(F)(F)F. The van der Waals surface area contributed by atoms with Crippen molar-refractivity contribution in [3.63, 3.8) is 0 Å². The largest absolute Gasteiger partial charge is 0.574 e. The standard InChI is InChI=1S/C9H9BrF3NO2/c1-5-6(4-10)3-7(15-2)8(14-5)16-9(11,12)13/h3H,4H2,1-2H3. The summed E-state index contributed by atoms with van der Waals surface area (Å²) in [6.45, 7) is 1.60. The predicted octanol–water partition coefficient (Wildman–Crippen LogP) is 3.19. The number of aromatic nitrogens is 1. The van der Waals surface area contributed by atoms with Crippen molar-refractivity contribution in [1.29, 1.82) is 0 Å². The fraction of sp³-hybridized carbons (Fsp3) is 0.444.